The number of allylic oxidation sites excluding steroid dienone is 2. The van der Waals surface area contributed by atoms with Gasteiger partial charge >= 0.3 is 0 Å². The molecule has 0 aliphatic heterocycles. The molecule has 2 atom stereocenters. The average Bonchev–Trinajstić information content (AvgIpc) is 2.03. The largest absolute Gasteiger partial charge is 0.393 e. The van der Waals surface area contributed by atoms with Crippen molar-refractivity contribution >= 4 is 0 Å². The Balaban J connectivity index is 4.14. The number of hydrogen-bond acceptors (Lipinski definition) is 1. The Morgan fingerprint density at radius 1 is 1.54 bits per heavy atom. The van der Waals surface area contributed by atoms with E-state index in [0.29, 0.717) is 0 Å². The monoisotopic (exact) mass is 182 g/mol. The van der Waals surface area contributed by atoms with Crippen LogP contribution in [0.1, 0.15) is 40.5 Å². The molecule has 1 nitrogen and oxygen atoms in total. The van der Waals surface area contributed by atoms with E-state index in [9.17, 15) is 5.11 Å². The second-order valence-corrected chi connectivity index (χ2v) is 4.21. The molecule has 0 fully saturated rings. The highest BCUT2D eigenvalue weighted by atomic mass is 16.3. The van der Waals surface area contributed by atoms with Gasteiger partial charge in [0.2, 0.25) is 0 Å². The fraction of sp³-hybridized carbons (Fsp3) is 0.667. The fourth-order valence-electron chi connectivity index (χ4n) is 1.15. The zero-order valence-corrected chi connectivity index (χ0v) is 9.30. The van der Waals surface area contributed by atoms with Crippen LogP contribution in [0.5, 0.6) is 0 Å². The Bertz CT molecular complexity index is 187. The summed E-state index contributed by atoms with van der Waals surface area (Å²) in [6.07, 6.45) is 5.70. The molecule has 0 saturated carbocycles. The van der Waals surface area contributed by atoms with Gasteiger partial charge in [0.05, 0.1) is 6.10 Å². The maximum absolute atomic E-state index is 9.54. The first kappa shape index (κ1) is 12.4. The summed E-state index contributed by atoms with van der Waals surface area (Å²) < 4.78 is 0. The SMILES string of the molecule is C=C[C@@](C)(CCC=C(C)C)[C@H](C)O. The maximum Gasteiger partial charge on any atom is 0.0600 e. The van der Waals surface area contributed by atoms with Gasteiger partial charge in [-0.2, -0.15) is 0 Å². The van der Waals surface area contributed by atoms with Crippen molar-refractivity contribution in [1.29, 1.82) is 0 Å². The Kier molecular flexibility index (Phi) is 5.01. The van der Waals surface area contributed by atoms with Crippen molar-refractivity contribution < 1.29 is 5.11 Å². The molecule has 0 aromatic rings. The summed E-state index contributed by atoms with van der Waals surface area (Å²) in [6, 6.07) is 0. The minimum Gasteiger partial charge on any atom is -0.393 e. The Hall–Kier alpha value is -0.560. The summed E-state index contributed by atoms with van der Waals surface area (Å²) in [5.74, 6) is 0. The first-order chi connectivity index (χ1) is 5.92. The van der Waals surface area contributed by atoms with Crippen LogP contribution in [0.4, 0.5) is 0 Å². The fourth-order valence-corrected chi connectivity index (χ4v) is 1.15. The summed E-state index contributed by atoms with van der Waals surface area (Å²) in [5, 5.41) is 9.54. The first-order valence-electron chi connectivity index (χ1n) is 4.87. The highest BCUT2D eigenvalue weighted by molar-refractivity contribution is 4.99. The predicted molar refractivity (Wildman–Crippen MR) is 58.6 cm³/mol. The number of aliphatic hydroxyl groups is 1. The van der Waals surface area contributed by atoms with Gasteiger partial charge in [-0.05, 0) is 33.6 Å². The average molecular weight is 182 g/mol. The standard InChI is InChI=1S/C12H22O/c1-6-12(5,11(4)13)9-7-8-10(2)3/h6,8,11,13H,1,7,9H2,2-5H3/t11-,12-/m0/s1. The second-order valence-electron chi connectivity index (χ2n) is 4.21. The molecule has 1 N–H and O–H groups in total. The van der Waals surface area contributed by atoms with Crippen molar-refractivity contribution in [2.45, 2.75) is 46.6 Å². The molecule has 0 bridgehead atoms. The van der Waals surface area contributed by atoms with E-state index in [1.54, 1.807) is 0 Å². The van der Waals surface area contributed by atoms with Gasteiger partial charge in [-0.15, -0.1) is 6.58 Å². The molecular weight excluding hydrogens is 160 g/mol. The number of aliphatic hydroxyl groups excluding tert-OH is 1. The minimum atomic E-state index is -0.324. The lowest BCUT2D eigenvalue weighted by molar-refractivity contribution is 0.0818. The molecule has 0 rings (SSSR count). The summed E-state index contributed by atoms with van der Waals surface area (Å²) in [6.45, 7) is 11.8. The normalized spacial score (nSPS) is 17.3. The van der Waals surface area contributed by atoms with Crippen molar-refractivity contribution in [2.24, 2.45) is 5.41 Å². The van der Waals surface area contributed by atoms with Crippen LogP contribution in [-0.4, -0.2) is 11.2 Å². The van der Waals surface area contributed by atoms with Crippen LogP contribution >= 0.6 is 0 Å². The van der Waals surface area contributed by atoms with Crippen LogP contribution in [-0.2, 0) is 0 Å². The van der Waals surface area contributed by atoms with Gasteiger partial charge in [-0.3, -0.25) is 0 Å². The summed E-state index contributed by atoms with van der Waals surface area (Å²) in [7, 11) is 0. The summed E-state index contributed by atoms with van der Waals surface area (Å²) >= 11 is 0. The smallest absolute Gasteiger partial charge is 0.0600 e. The highest BCUT2D eigenvalue weighted by Crippen LogP contribution is 2.29. The molecule has 0 aromatic heterocycles. The van der Waals surface area contributed by atoms with Gasteiger partial charge in [-0.25, -0.2) is 0 Å². The second kappa shape index (κ2) is 5.23. The molecule has 0 aliphatic carbocycles. The molecule has 0 radical (unpaired) electrons. The van der Waals surface area contributed by atoms with Gasteiger partial charge in [0.25, 0.3) is 0 Å². The Labute approximate surface area is 82.2 Å². The Morgan fingerprint density at radius 3 is 2.38 bits per heavy atom. The van der Waals surface area contributed by atoms with Crippen molar-refractivity contribution in [3.63, 3.8) is 0 Å². The predicted octanol–water partition coefficient (Wildman–Crippen LogP) is 3.31. The topological polar surface area (TPSA) is 20.2 Å². The number of rotatable bonds is 5. The lowest BCUT2D eigenvalue weighted by Crippen LogP contribution is -2.27. The maximum atomic E-state index is 9.54. The van der Waals surface area contributed by atoms with E-state index in [1.807, 2.05) is 19.9 Å². The van der Waals surface area contributed by atoms with Crippen LogP contribution in [0.3, 0.4) is 0 Å². The summed E-state index contributed by atoms with van der Waals surface area (Å²) in [4.78, 5) is 0. The van der Waals surface area contributed by atoms with E-state index >= 15 is 0 Å². The zero-order valence-electron chi connectivity index (χ0n) is 9.30. The molecule has 13 heavy (non-hydrogen) atoms. The van der Waals surface area contributed by atoms with Crippen LogP contribution in [0.2, 0.25) is 0 Å². The lowest BCUT2D eigenvalue weighted by atomic mass is 9.80. The third-order valence-corrected chi connectivity index (χ3v) is 2.66. The third-order valence-electron chi connectivity index (χ3n) is 2.66. The van der Waals surface area contributed by atoms with Crippen molar-refractivity contribution in [3.8, 4) is 0 Å². The highest BCUT2D eigenvalue weighted by Gasteiger charge is 2.24. The minimum absolute atomic E-state index is 0.147. The van der Waals surface area contributed by atoms with E-state index in [1.165, 1.54) is 5.57 Å². The molecule has 0 unspecified atom stereocenters. The molecule has 0 heterocycles. The molecule has 0 spiro atoms. The molecule has 1 heteroatoms. The van der Waals surface area contributed by atoms with Gasteiger partial charge in [-0.1, -0.05) is 24.6 Å². The van der Waals surface area contributed by atoms with Gasteiger partial charge in [0.1, 0.15) is 0 Å². The quantitative estimate of drug-likeness (QED) is 0.647. The molecule has 0 aromatic carbocycles. The van der Waals surface area contributed by atoms with E-state index in [4.69, 9.17) is 0 Å². The Morgan fingerprint density at radius 2 is 2.08 bits per heavy atom. The molecule has 0 aliphatic rings. The van der Waals surface area contributed by atoms with Gasteiger partial charge in [0.15, 0.2) is 0 Å². The zero-order chi connectivity index (χ0) is 10.5. The number of hydrogen-bond donors (Lipinski definition) is 1. The van der Waals surface area contributed by atoms with Crippen LogP contribution in [0.25, 0.3) is 0 Å². The van der Waals surface area contributed by atoms with E-state index in [-0.39, 0.29) is 11.5 Å². The van der Waals surface area contributed by atoms with E-state index < -0.39 is 0 Å². The molecule has 0 amide bonds. The first-order valence-corrected chi connectivity index (χ1v) is 4.87. The van der Waals surface area contributed by atoms with Gasteiger partial charge < -0.3 is 5.11 Å². The molecule has 76 valence electrons. The van der Waals surface area contributed by atoms with Crippen LogP contribution < -0.4 is 0 Å². The molecular formula is C12H22O. The third kappa shape index (κ3) is 4.28. The van der Waals surface area contributed by atoms with E-state index in [2.05, 4.69) is 26.5 Å². The summed E-state index contributed by atoms with van der Waals surface area (Å²) in [5.41, 5.74) is 1.18. The van der Waals surface area contributed by atoms with E-state index in [0.717, 1.165) is 12.8 Å². The lowest BCUT2D eigenvalue weighted by Gasteiger charge is -2.28. The molecule has 0 saturated heterocycles. The van der Waals surface area contributed by atoms with Crippen LogP contribution in [0, 0.1) is 5.41 Å². The van der Waals surface area contributed by atoms with Crippen molar-refractivity contribution in [2.75, 3.05) is 0 Å². The van der Waals surface area contributed by atoms with Crippen molar-refractivity contribution in [1.82, 2.24) is 0 Å². The van der Waals surface area contributed by atoms with Gasteiger partial charge in [0, 0.05) is 5.41 Å². The van der Waals surface area contributed by atoms with Crippen LogP contribution in [0.15, 0.2) is 24.3 Å². The van der Waals surface area contributed by atoms with Crippen molar-refractivity contribution in [3.05, 3.63) is 24.3 Å².